The number of alkyl halides is 3. The molecular weight excluding hydrogens is 210 g/mol. The molecule has 14 heavy (non-hydrogen) atoms. The smallest absolute Gasteiger partial charge is 0.272 e. The molecule has 0 aromatic heterocycles. The number of aryl methyl sites for hydroxylation is 1. The number of halogens is 3. The van der Waals surface area contributed by atoms with Crippen LogP contribution < -0.4 is 4.74 Å². The van der Waals surface area contributed by atoms with Gasteiger partial charge in [-0.05, 0) is 12.5 Å². The van der Waals surface area contributed by atoms with Crippen molar-refractivity contribution < 1.29 is 13.5 Å². The fourth-order valence-electron chi connectivity index (χ4n) is 1.17. The fraction of sp³-hybridized carbons (Fsp3) is 0.400. The van der Waals surface area contributed by atoms with E-state index in [-0.39, 0.29) is 5.88 Å². The summed E-state index contributed by atoms with van der Waals surface area (Å²) in [7, 11) is 0. The van der Waals surface area contributed by atoms with Crippen LogP contribution in [0, 0.1) is 6.92 Å². The largest absolute Gasteiger partial charge is 0.487 e. The molecule has 0 saturated heterocycles. The second kappa shape index (κ2) is 5.15. The van der Waals surface area contributed by atoms with E-state index in [2.05, 4.69) is 0 Å². The second-order valence-corrected chi connectivity index (χ2v) is 3.17. The lowest BCUT2D eigenvalue weighted by Gasteiger charge is -2.11. The molecule has 0 unspecified atom stereocenters. The predicted octanol–water partition coefficient (Wildman–Crippen LogP) is 3.38. The molecule has 0 amide bonds. The number of rotatable bonds is 4. The third-order valence-electron chi connectivity index (χ3n) is 1.79. The van der Waals surface area contributed by atoms with Crippen LogP contribution in [0.15, 0.2) is 18.2 Å². The molecule has 1 aromatic carbocycles. The molecule has 0 fully saturated rings. The lowest BCUT2D eigenvalue weighted by Crippen LogP contribution is -2.09. The van der Waals surface area contributed by atoms with Crippen molar-refractivity contribution >= 4 is 11.6 Å². The maximum absolute atomic E-state index is 11.9. The van der Waals surface area contributed by atoms with Crippen molar-refractivity contribution in [2.75, 3.05) is 6.61 Å². The Morgan fingerprint density at radius 2 is 2.14 bits per heavy atom. The number of para-hydroxylation sites is 1. The Morgan fingerprint density at radius 1 is 1.43 bits per heavy atom. The molecule has 78 valence electrons. The van der Waals surface area contributed by atoms with E-state index >= 15 is 0 Å². The molecule has 4 heteroatoms. The lowest BCUT2D eigenvalue weighted by atomic mass is 10.1. The molecule has 0 aliphatic carbocycles. The van der Waals surface area contributed by atoms with Crippen LogP contribution in [0.2, 0.25) is 0 Å². The van der Waals surface area contributed by atoms with Crippen LogP contribution in [0.25, 0.3) is 0 Å². The Kier molecular flexibility index (Phi) is 4.14. The standard InChI is InChI=1S/C10H11ClF2O/c1-7-3-2-4-8(5-11)10(7)14-6-9(12)13/h2-4,9H,5-6H2,1H3. The van der Waals surface area contributed by atoms with Gasteiger partial charge in [0.25, 0.3) is 6.43 Å². The second-order valence-electron chi connectivity index (χ2n) is 2.90. The van der Waals surface area contributed by atoms with Gasteiger partial charge < -0.3 is 4.74 Å². The first-order valence-electron chi connectivity index (χ1n) is 4.20. The molecule has 0 radical (unpaired) electrons. The van der Waals surface area contributed by atoms with Crippen molar-refractivity contribution in [1.82, 2.24) is 0 Å². The Bertz CT molecular complexity index is 302. The van der Waals surface area contributed by atoms with Gasteiger partial charge in [-0.15, -0.1) is 11.6 Å². The highest BCUT2D eigenvalue weighted by Crippen LogP contribution is 2.25. The zero-order chi connectivity index (χ0) is 10.6. The zero-order valence-corrected chi connectivity index (χ0v) is 8.52. The summed E-state index contributed by atoms with van der Waals surface area (Å²) in [5.74, 6) is 0.739. The van der Waals surface area contributed by atoms with Crippen LogP contribution in [0.3, 0.4) is 0 Å². The van der Waals surface area contributed by atoms with E-state index in [4.69, 9.17) is 16.3 Å². The third kappa shape index (κ3) is 2.84. The van der Waals surface area contributed by atoms with E-state index in [1.165, 1.54) is 0 Å². The maximum Gasteiger partial charge on any atom is 0.272 e. The summed E-state index contributed by atoms with van der Waals surface area (Å²) >= 11 is 5.65. The highest BCUT2D eigenvalue weighted by molar-refractivity contribution is 6.17. The Balaban J connectivity index is 2.82. The highest BCUT2D eigenvalue weighted by Gasteiger charge is 2.09. The quantitative estimate of drug-likeness (QED) is 0.707. The molecule has 0 atom stereocenters. The van der Waals surface area contributed by atoms with Gasteiger partial charge in [0.1, 0.15) is 12.4 Å². The van der Waals surface area contributed by atoms with Crippen LogP contribution in [-0.4, -0.2) is 13.0 Å². The molecule has 0 N–H and O–H groups in total. The minimum atomic E-state index is -2.46. The number of benzene rings is 1. The van der Waals surface area contributed by atoms with Crippen LogP contribution in [-0.2, 0) is 5.88 Å². The zero-order valence-electron chi connectivity index (χ0n) is 7.77. The topological polar surface area (TPSA) is 9.23 Å². The molecular formula is C10H11ClF2O. The normalized spacial score (nSPS) is 10.6. The third-order valence-corrected chi connectivity index (χ3v) is 2.08. The summed E-state index contributed by atoms with van der Waals surface area (Å²) in [5, 5.41) is 0. The number of hydrogen-bond acceptors (Lipinski definition) is 1. The van der Waals surface area contributed by atoms with E-state index < -0.39 is 13.0 Å². The summed E-state index contributed by atoms with van der Waals surface area (Å²) in [6.07, 6.45) is -2.46. The fourth-order valence-corrected chi connectivity index (χ4v) is 1.38. The van der Waals surface area contributed by atoms with Gasteiger partial charge in [0.05, 0.1) is 5.88 Å². The molecule has 1 nitrogen and oxygen atoms in total. The van der Waals surface area contributed by atoms with Crippen molar-refractivity contribution in [2.24, 2.45) is 0 Å². The van der Waals surface area contributed by atoms with E-state index in [0.717, 1.165) is 11.1 Å². The first kappa shape index (κ1) is 11.2. The minimum Gasteiger partial charge on any atom is -0.487 e. The summed E-state index contributed by atoms with van der Waals surface area (Å²) in [6, 6.07) is 5.39. The monoisotopic (exact) mass is 220 g/mol. The Morgan fingerprint density at radius 3 is 2.71 bits per heavy atom. The molecule has 1 aromatic rings. The van der Waals surface area contributed by atoms with Gasteiger partial charge >= 0.3 is 0 Å². The molecule has 1 rings (SSSR count). The summed E-state index contributed by atoms with van der Waals surface area (Å²) in [6.45, 7) is 1.21. The van der Waals surface area contributed by atoms with Crippen LogP contribution in [0.5, 0.6) is 5.75 Å². The van der Waals surface area contributed by atoms with Gasteiger partial charge in [-0.3, -0.25) is 0 Å². The molecule has 0 spiro atoms. The molecule has 0 aliphatic rings. The van der Waals surface area contributed by atoms with Gasteiger partial charge in [0, 0.05) is 5.56 Å². The molecule has 0 bridgehead atoms. The van der Waals surface area contributed by atoms with Crippen molar-refractivity contribution in [3.8, 4) is 5.75 Å². The van der Waals surface area contributed by atoms with Crippen molar-refractivity contribution in [1.29, 1.82) is 0 Å². The van der Waals surface area contributed by atoms with Gasteiger partial charge in [0.2, 0.25) is 0 Å². The van der Waals surface area contributed by atoms with Gasteiger partial charge in [0.15, 0.2) is 0 Å². The average Bonchev–Trinajstić information content (AvgIpc) is 2.15. The van der Waals surface area contributed by atoms with Crippen molar-refractivity contribution in [3.05, 3.63) is 29.3 Å². The Hall–Kier alpha value is -0.830. The van der Waals surface area contributed by atoms with Crippen LogP contribution in [0.4, 0.5) is 8.78 Å². The van der Waals surface area contributed by atoms with E-state index in [0.29, 0.717) is 5.75 Å². The number of ether oxygens (including phenoxy) is 1. The number of hydrogen-bond donors (Lipinski definition) is 0. The van der Waals surface area contributed by atoms with E-state index in [1.54, 1.807) is 19.1 Å². The molecule has 0 heterocycles. The first-order chi connectivity index (χ1) is 6.65. The molecule has 0 aliphatic heterocycles. The average molecular weight is 221 g/mol. The predicted molar refractivity (Wildman–Crippen MR) is 52.2 cm³/mol. The summed E-state index contributed by atoms with van der Waals surface area (Å²) in [4.78, 5) is 0. The van der Waals surface area contributed by atoms with Crippen LogP contribution in [0.1, 0.15) is 11.1 Å². The first-order valence-corrected chi connectivity index (χ1v) is 4.74. The van der Waals surface area contributed by atoms with E-state index in [1.807, 2.05) is 6.07 Å². The van der Waals surface area contributed by atoms with Gasteiger partial charge in [-0.25, -0.2) is 8.78 Å². The van der Waals surface area contributed by atoms with Gasteiger partial charge in [-0.1, -0.05) is 18.2 Å². The lowest BCUT2D eigenvalue weighted by molar-refractivity contribution is 0.0812. The highest BCUT2D eigenvalue weighted by atomic mass is 35.5. The van der Waals surface area contributed by atoms with Gasteiger partial charge in [-0.2, -0.15) is 0 Å². The SMILES string of the molecule is Cc1cccc(CCl)c1OCC(F)F. The summed E-state index contributed by atoms with van der Waals surface area (Å²) < 4.78 is 28.8. The van der Waals surface area contributed by atoms with Crippen LogP contribution >= 0.6 is 11.6 Å². The molecule has 0 saturated carbocycles. The van der Waals surface area contributed by atoms with Crippen molar-refractivity contribution in [3.63, 3.8) is 0 Å². The van der Waals surface area contributed by atoms with Crippen molar-refractivity contribution in [2.45, 2.75) is 19.2 Å². The van der Waals surface area contributed by atoms with E-state index in [9.17, 15) is 8.78 Å². The Labute approximate surface area is 86.6 Å². The summed E-state index contributed by atoms with van der Waals surface area (Å²) in [5.41, 5.74) is 1.57. The maximum atomic E-state index is 11.9. The minimum absolute atomic E-state index is 0.264.